The molecule has 0 fully saturated rings. The quantitative estimate of drug-likeness (QED) is 0.559. The molecule has 2 heteroatoms. The van der Waals surface area contributed by atoms with E-state index in [0.717, 1.165) is 6.54 Å². The molecule has 0 aliphatic carbocycles. The van der Waals surface area contributed by atoms with E-state index in [1.54, 1.807) is 0 Å². The Morgan fingerprint density at radius 2 is 2.38 bits per heavy atom. The van der Waals surface area contributed by atoms with Crippen LogP contribution in [-0.4, -0.2) is 13.1 Å². The lowest BCUT2D eigenvalue weighted by atomic mass is 10.4. The van der Waals surface area contributed by atoms with Gasteiger partial charge in [-0.15, -0.1) is 0 Å². The third-order valence-electron chi connectivity index (χ3n) is 0.981. The van der Waals surface area contributed by atoms with Gasteiger partial charge >= 0.3 is 0 Å². The maximum absolute atomic E-state index is 5.24. The smallest absolute Gasteiger partial charge is 0.0266 e. The van der Waals surface area contributed by atoms with Crippen molar-refractivity contribution < 1.29 is 0 Å². The zero-order valence-electron chi connectivity index (χ0n) is 5.57. The van der Waals surface area contributed by atoms with Crippen LogP contribution in [0.3, 0.4) is 0 Å². The van der Waals surface area contributed by atoms with Crippen LogP contribution in [0.15, 0.2) is 11.8 Å². The van der Waals surface area contributed by atoms with Crippen molar-refractivity contribution in [2.24, 2.45) is 5.73 Å². The first-order valence-electron chi connectivity index (χ1n) is 2.88. The van der Waals surface area contributed by atoms with Gasteiger partial charge in [0.2, 0.25) is 0 Å². The van der Waals surface area contributed by atoms with Crippen molar-refractivity contribution in [3.05, 3.63) is 11.8 Å². The number of nitrogens with two attached hydrogens (primary N) is 1. The van der Waals surface area contributed by atoms with E-state index < -0.39 is 0 Å². The van der Waals surface area contributed by atoms with Crippen LogP contribution in [-0.2, 0) is 0 Å². The molecule has 0 aliphatic rings. The van der Waals surface area contributed by atoms with Crippen molar-refractivity contribution in [2.45, 2.75) is 13.8 Å². The van der Waals surface area contributed by atoms with Gasteiger partial charge in [-0.25, -0.2) is 0 Å². The average Bonchev–Trinajstić information content (AvgIpc) is 1.83. The molecule has 0 aromatic rings. The molecule has 0 saturated carbocycles. The Hall–Kier alpha value is -0.500. The minimum absolute atomic E-state index is 0.700. The van der Waals surface area contributed by atoms with Crippen molar-refractivity contribution in [1.82, 2.24) is 5.32 Å². The molecule has 0 unspecified atom stereocenters. The average molecular weight is 114 g/mol. The van der Waals surface area contributed by atoms with Crippen molar-refractivity contribution >= 4 is 0 Å². The van der Waals surface area contributed by atoms with Gasteiger partial charge in [-0.1, -0.05) is 6.08 Å². The van der Waals surface area contributed by atoms with Crippen LogP contribution in [0.25, 0.3) is 0 Å². The van der Waals surface area contributed by atoms with Crippen LogP contribution in [0.4, 0.5) is 0 Å². The summed E-state index contributed by atoms with van der Waals surface area (Å²) in [5.74, 6) is 0. The topological polar surface area (TPSA) is 38.0 Å². The summed E-state index contributed by atoms with van der Waals surface area (Å²) >= 11 is 0. The van der Waals surface area contributed by atoms with E-state index in [-0.39, 0.29) is 0 Å². The van der Waals surface area contributed by atoms with Gasteiger partial charge in [0.15, 0.2) is 0 Å². The van der Waals surface area contributed by atoms with E-state index in [9.17, 15) is 0 Å². The first-order valence-corrected chi connectivity index (χ1v) is 2.88. The van der Waals surface area contributed by atoms with Crippen molar-refractivity contribution in [3.63, 3.8) is 0 Å². The third kappa shape index (κ3) is 3.68. The highest BCUT2D eigenvalue weighted by atomic mass is 14.9. The molecule has 0 aliphatic heterocycles. The maximum Gasteiger partial charge on any atom is 0.0266 e. The summed E-state index contributed by atoms with van der Waals surface area (Å²) in [5, 5.41) is 3.12. The highest BCUT2D eigenvalue weighted by Gasteiger charge is 1.79. The van der Waals surface area contributed by atoms with E-state index in [1.165, 1.54) is 5.70 Å². The molecular weight excluding hydrogens is 100 g/mol. The van der Waals surface area contributed by atoms with Gasteiger partial charge in [0.05, 0.1) is 0 Å². The van der Waals surface area contributed by atoms with E-state index in [2.05, 4.69) is 5.32 Å². The largest absolute Gasteiger partial charge is 0.388 e. The van der Waals surface area contributed by atoms with Crippen LogP contribution in [0.5, 0.6) is 0 Å². The van der Waals surface area contributed by atoms with Crippen LogP contribution < -0.4 is 11.1 Å². The van der Waals surface area contributed by atoms with E-state index in [0.29, 0.717) is 6.54 Å². The predicted octanol–water partition coefficient (Wildman–Crippen LogP) is 0.458. The van der Waals surface area contributed by atoms with E-state index in [1.807, 2.05) is 19.9 Å². The van der Waals surface area contributed by atoms with Crippen molar-refractivity contribution in [3.8, 4) is 0 Å². The molecule has 2 nitrogen and oxygen atoms in total. The molecular formula is C6H14N2. The second-order valence-corrected chi connectivity index (χ2v) is 1.69. The second-order valence-electron chi connectivity index (χ2n) is 1.69. The normalized spacial score (nSPS) is 11.6. The van der Waals surface area contributed by atoms with Crippen LogP contribution in [0.2, 0.25) is 0 Å². The SMILES string of the molecule is CC=C(C)NCCN. The Labute approximate surface area is 50.8 Å². The molecule has 48 valence electrons. The summed E-state index contributed by atoms with van der Waals surface area (Å²) in [6, 6.07) is 0. The van der Waals surface area contributed by atoms with Gasteiger partial charge in [-0.05, 0) is 13.8 Å². The first-order chi connectivity index (χ1) is 3.81. The monoisotopic (exact) mass is 114 g/mol. The fraction of sp³-hybridized carbons (Fsp3) is 0.667. The highest BCUT2D eigenvalue weighted by Crippen LogP contribution is 1.80. The standard InChI is InChI=1S/C6H14N2/c1-3-6(2)8-5-4-7/h3,8H,4-5,7H2,1-2H3. The Kier molecular flexibility index (Phi) is 4.36. The maximum atomic E-state index is 5.24. The van der Waals surface area contributed by atoms with Crippen LogP contribution in [0, 0.1) is 0 Å². The zero-order valence-corrected chi connectivity index (χ0v) is 5.57. The van der Waals surface area contributed by atoms with Gasteiger partial charge in [-0.2, -0.15) is 0 Å². The third-order valence-corrected chi connectivity index (χ3v) is 0.981. The fourth-order valence-corrected chi connectivity index (χ4v) is 0.371. The molecule has 0 aromatic heterocycles. The molecule has 0 saturated heterocycles. The molecule has 0 bridgehead atoms. The lowest BCUT2D eigenvalue weighted by Gasteiger charge is -2.01. The van der Waals surface area contributed by atoms with Crippen molar-refractivity contribution in [2.75, 3.05) is 13.1 Å². The number of rotatable bonds is 3. The van der Waals surface area contributed by atoms with Gasteiger partial charge in [0.1, 0.15) is 0 Å². The van der Waals surface area contributed by atoms with Gasteiger partial charge in [-0.3, -0.25) is 0 Å². The molecule has 8 heavy (non-hydrogen) atoms. The number of allylic oxidation sites excluding steroid dienone is 2. The Balaban J connectivity index is 3.12. The van der Waals surface area contributed by atoms with E-state index in [4.69, 9.17) is 5.73 Å². The molecule has 0 atom stereocenters. The van der Waals surface area contributed by atoms with Crippen LogP contribution in [0.1, 0.15) is 13.8 Å². The lowest BCUT2D eigenvalue weighted by Crippen LogP contribution is -2.20. The van der Waals surface area contributed by atoms with Crippen molar-refractivity contribution in [1.29, 1.82) is 0 Å². The molecule has 0 radical (unpaired) electrons. The zero-order chi connectivity index (χ0) is 6.41. The van der Waals surface area contributed by atoms with Gasteiger partial charge in [0, 0.05) is 18.8 Å². The molecule has 0 aromatic carbocycles. The molecule has 0 rings (SSSR count). The summed E-state index contributed by atoms with van der Waals surface area (Å²) in [5.41, 5.74) is 6.43. The first kappa shape index (κ1) is 7.50. The summed E-state index contributed by atoms with van der Waals surface area (Å²) in [4.78, 5) is 0. The van der Waals surface area contributed by atoms with Gasteiger partial charge < -0.3 is 11.1 Å². The lowest BCUT2D eigenvalue weighted by molar-refractivity contribution is 0.796. The van der Waals surface area contributed by atoms with E-state index >= 15 is 0 Å². The Bertz CT molecular complexity index is 76.6. The fourth-order valence-electron chi connectivity index (χ4n) is 0.371. The second kappa shape index (κ2) is 4.65. The summed E-state index contributed by atoms with van der Waals surface area (Å²) in [7, 11) is 0. The number of nitrogens with one attached hydrogen (secondary N) is 1. The Morgan fingerprint density at radius 3 is 2.75 bits per heavy atom. The summed E-state index contributed by atoms with van der Waals surface area (Å²) < 4.78 is 0. The minimum Gasteiger partial charge on any atom is -0.388 e. The van der Waals surface area contributed by atoms with Gasteiger partial charge in [0.25, 0.3) is 0 Å². The Morgan fingerprint density at radius 1 is 1.75 bits per heavy atom. The summed E-state index contributed by atoms with van der Waals surface area (Å²) in [6.07, 6.45) is 2.02. The summed E-state index contributed by atoms with van der Waals surface area (Å²) in [6.45, 7) is 5.59. The minimum atomic E-state index is 0.700. The highest BCUT2D eigenvalue weighted by molar-refractivity contribution is 4.91. The molecule has 0 spiro atoms. The predicted molar refractivity (Wildman–Crippen MR) is 36.5 cm³/mol. The molecule has 3 N–H and O–H groups in total. The molecule has 0 amide bonds. The molecule has 0 heterocycles. The number of hydrogen-bond acceptors (Lipinski definition) is 2. The van der Waals surface area contributed by atoms with Crippen LogP contribution >= 0.6 is 0 Å². The number of hydrogen-bond donors (Lipinski definition) is 2.